The second-order valence-electron chi connectivity index (χ2n) is 9.10. The number of methoxy groups -OCH3 is 1. The fourth-order valence-electron chi connectivity index (χ4n) is 4.74. The van der Waals surface area contributed by atoms with Gasteiger partial charge in [-0.2, -0.15) is 0 Å². The van der Waals surface area contributed by atoms with Gasteiger partial charge in [0.25, 0.3) is 5.91 Å². The molecule has 1 aliphatic heterocycles. The quantitative estimate of drug-likeness (QED) is 0.564. The van der Waals surface area contributed by atoms with Gasteiger partial charge in [-0.15, -0.1) is 0 Å². The van der Waals surface area contributed by atoms with E-state index in [9.17, 15) is 14.7 Å². The molecule has 0 aromatic heterocycles. The van der Waals surface area contributed by atoms with E-state index in [1.54, 1.807) is 19.2 Å². The van der Waals surface area contributed by atoms with Crippen LogP contribution in [0, 0.1) is 11.8 Å². The Morgan fingerprint density at radius 3 is 2.48 bits per heavy atom. The summed E-state index contributed by atoms with van der Waals surface area (Å²) in [4.78, 5) is 25.3. The molecule has 0 spiro atoms. The number of ether oxygens (including phenoxy) is 2. The lowest BCUT2D eigenvalue weighted by atomic mass is 9.91. The van der Waals surface area contributed by atoms with Crippen molar-refractivity contribution >= 4 is 17.6 Å². The first-order chi connectivity index (χ1) is 15.9. The van der Waals surface area contributed by atoms with Crippen molar-refractivity contribution in [3.8, 4) is 11.5 Å². The number of carboxylic acid groups (broad SMARTS) is 1. The minimum atomic E-state index is -0.750. The molecule has 4 rings (SSSR count). The summed E-state index contributed by atoms with van der Waals surface area (Å²) in [5, 5.41) is 9.28. The Kier molecular flexibility index (Phi) is 7.06. The van der Waals surface area contributed by atoms with Crippen LogP contribution in [0.1, 0.15) is 53.9 Å². The van der Waals surface area contributed by atoms with Crippen LogP contribution in [0.5, 0.6) is 11.5 Å². The van der Waals surface area contributed by atoms with E-state index in [0.29, 0.717) is 29.8 Å². The summed E-state index contributed by atoms with van der Waals surface area (Å²) in [6.07, 6.45) is 4.26. The summed E-state index contributed by atoms with van der Waals surface area (Å²) >= 11 is 0. The van der Waals surface area contributed by atoms with Crippen molar-refractivity contribution in [2.45, 2.75) is 38.0 Å². The maximum Gasteiger partial charge on any atom is 0.303 e. The Balaban J connectivity index is 1.34. The monoisotopic (exact) mass is 452 g/mol. The van der Waals surface area contributed by atoms with Crippen LogP contribution in [0.2, 0.25) is 0 Å². The smallest absolute Gasteiger partial charge is 0.303 e. The largest absolute Gasteiger partial charge is 0.497 e. The summed E-state index contributed by atoms with van der Waals surface area (Å²) < 4.78 is 11.4. The molecular formula is C26H32N2O5. The highest BCUT2D eigenvalue weighted by atomic mass is 16.5. The maximum atomic E-state index is 11.9. The van der Waals surface area contributed by atoms with Gasteiger partial charge < -0.3 is 25.2 Å². The highest BCUT2D eigenvalue weighted by Gasteiger charge is 2.34. The number of piperidine rings is 1. The van der Waals surface area contributed by atoms with E-state index in [1.807, 2.05) is 30.3 Å². The number of nitrogens with zero attached hydrogens (tertiary/aromatic N) is 1. The fraction of sp³-hybridized carbons (Fsp3) is 0.462. The van der Waals surface area contributed by atoms with Gasteiger partial charge in [-0.25, -0.2) is 0 Å². The molecule has 0 bridgehead atoms. The van der Waals surface area contributed by atoms with Crippen LogP contribution in [-0.4, -0.2) is 43.8 Å². The van der Waals surface area contributed by atoms with E-state index in [0.717, 1.165) is 55.8 Å². The lowest BCUT2D eigenvalue weighted by molar-refractivity contribution is -0.137. The molecule has 2 aliphatic rings. The summed E-state index contributed by atoms with van der Waals surface area (Å²) in [5.74, 6) is 1.26. The van der Waals surface area contributed by atoms with Crippen LogP contribution in [0.3, 0.4) is 0 Å². The molecule has 1 aliphatic carbocycles. The number of anilines is 1. The molecule has 1 unspecified atom stereocenters. The molecule has 0 radical (unpaired) electrons. The fourth-order valence-corrected chi connectivity index (χ4v) is 4.74. The Morgan fingerprint density at radius 1 is 1.09 bits per heavy atom. The lowest BCUT2D eigenvalue weighted by Gasteiger charge is -2.34. The molecule has 2 aromatic carbocycles. The topological polar surface area (TPSA) is 102 Å². The second kappa shape index (κ2) is 10.1. The van der Waals surface area contributed by atoms with Crippen molar-refractivity contribution in [3.63, 3.8) is 0 Å². The highest BCUT2D eigenvalue weighted by Crippen LogP contribution is 2.45. The molecule has 2 aromatic rings. The molecule has 2 fully saturated rings. The number of carbonyl (C=O) groups is 2. The molecule has 33 heavy (non-hydrogen) atoms. The van der Waals surface area contributed by atoms with Crippen LogP contribution >= 0.6 is 0 Å². The Labute approximate surface area is 194 Å². The minimum absolute atomic E-state index is 0.0663. The van der Waals surface area contributed by atoms with E-state index in [4.69, 9.17) is 15.2 Å². The van der Waals surface area contributed by atoms with Gasteiger partial charge in [-0.05, 0) is 73.3 Å². The predicted octanol–water partition coefficient (Wildman–Crippen LogP) is 4.06. The zero-order valence-electron chi connectivity index (χ0n) is 19.0. The molecule has 7 nitrogen and oxygen atoms in total. The predicted molar refractivity (Wildman–Crippen MR) is 126 cm³/mol. The number of nitrogens with two attached hydrogens (primary N) is 1. The first-order valence-corrected chi connectivity index (χ1v) is 11.6. The highest BCUT2D eigenvalue weighted by molar-refractivity contribution is 5.99. The number of hydrogen-bond acceptors (Lipinski definition) is 5. The van der Waals surface area contributed by atoms with E-state index >= 15 is 0 Å². The van der Waals surface area contributed by atoms with Crippen LogP contribution in [0.15, 0.2) is 42.5 Å². The Hall–Kier alpha value is -3.22. The van der Waals surface area contributed by atoms with E-state index in [1.165, 1.54) is 0 Å². The number of rotatable bonds is 10. The van der Waals surface area contributed by atoms with Gasteiger partial charge in [0.1, 0.15) is 11.5 Å². The summed E-state index contributed by atoms with van der Waals surface area (Å²) in [6, 6.07) is 13.3. The molecule has 1 saturated heterocycles. The van der Waals surface area contributed by atoms with E-state index < -0.39 is 11.9 Å². The average Bonchev–Trinajstić information content (AvgIpc) is 3.66. The Bertz CT molecular complexity index is 996. The number of carbonyl (C=O) groups excluding carboxylic acids is 1. The van der Waals surface area contributed by atoms with Crippen molar-refractivity contribution in [2.75, 3.05) is 31.7 Å². The number of amides is 1. The van der Waals surface area contributed by atoms with Gasteiger partial charge in [0.2, 0.25) is 0 Å². The van der Waals surface area contributed by atoms with E-state index in [2.05, 4.69) is 4.90 Å². The van der Waals surface area contributed by atoms with Gasteiger partial charge >= 0.3 is 5.97 Å². The molecule has 7 heteroatoms. The van der Waals surface area contributed by atoms with Crippen molar-refractivity contribution in [1.82, 2.24) is 0 Å². The van der Waals surface area contributed by atoms with Crippen LogP contribution in [0.4, 0.5) is 5.69 Å². The zero-order chi connectivity index (χ0) is 23.4. The van der Waals surface area contributed by atoms with Gasteiger partial charge in [0.15, 0.2) is 0 Å². The van der Waals surface area contributed by atoms with E-state index in [-0.39, 0.29) is 12.3 Å². The standard InChI is InChI=1S/C26H32N2O5/c1-32-20-7-8-22(26(27)31)24(14-20)28-11-9-17(10-12-28)16-33-21-4-2-3-19(13-21)23(15-25(29)30)18-5-6-18/h2-4,7-8,13-14,17-18,23H,5-6,9-12,15-16H2,1H3,(H2,27,31)(H,29,30). The molecule has 3 N–H and O–H groups in total. The average molecular weight is 453 g/mol. The third-order valence-corrected chi connectivity index (χ3v) is 6.78. The molecule has 1 heterocycles. The summed E-state index contributed by atoms with van der Waals surface area (Å²) in [7, 11) is 1.61. The zero-order valence-corrected chi connectivity index (χ0v) is 19.0. The number of carboxylic acids is 1. The third kappa shape index (κ3) is 5.78. The van der Waals surface area contributed by atoms with Gasteiger partial charge in [-0.3, -0.25) is 9.59 Å². The molecule has 1 amide bonds. The maximum absolute atomic E-state index is 11.9. The van der Waals surface area contributed by atoms with Crippen molar-refractivity contribution in [3.05, 3.63) is 53.6 Å². The first kappa shape index (κ1) is 23.0. The van der Waals surface area contributed by atoms with Crippen molar-refractivity contribution in [2.24, 2.45) is 17.6 Å². The summed E-state index contributed by atoms with van der Waals surface area (Å²) in [6.45, 7) is 2.23. The SMILES string of the molecule is COc1ccc(C(N)=O)c(N2CCC(COc3cccc(C(CC(=O)O)C4CC4)c3)CC2)c1. The lowest BCUT2D eigenvalue weighted by Crippen LogP contribution is -2.36. The number of primary amides is 1. The van der Waals surface area contributed by atoms with Gasteiger partial charge in [-0.1, -0.05) is 12.1 Å². The van der Waals surface area contributed by atoms with Gasteiger partial charge in [0.05, 0.1) is 31.4 Å². The molecule has 1 atom stereocenters. The second-order valence-corrected chi connectivity index (χ2v) is 9.10. The van der Waals surface area contributed by atoms with Crippen LogP contribution < -0.4 is 20.1 Å². The first-order valence-electron chi connectivity index (χ1n) is 11.6. The molecular weight excluding hydrogens is 420 g/mol. The molecule has 176 valence electrons. The normalized spacial score (nSPS) is 17.4. The van der Waals surface area contributed by atoms with Crippen molar-refractivity contribution < 1.29 is 24.2 Å². The number of benzene rings is 2. The Morgan fingerprint density at radius 2 is 1.85 bits per heavy atom. The van der Waals surface area contributed by atoms with Crippen LogP contribution in [-0.2, 0) is 4.79 Å². The molecule has 1 saturated carbocycles. The van der Waals surface area contributed by atoms with Crippen LogP contribution in [0.25, 0.3) is 0 Å². The minimum Gasteiger partial charge on any atom is -0.497 e. The summed E-state index contributed by atoms with van der Waals surface area (Å²) in [5.41, 5.74) is 7.96. The third-order valence-electron chi connectivity index (χ3n) is 6.78. The van der Waals surface area contributed by atoms with Gasteiger partial charge in [0, 0.05) is 19.2 Å². The number of hydrogen-bond donors (Lipinski definition) is 2. The number of aliphatic carboxylic acids is 1. The van der Waals surface area contributed by atoms with Crippen molar-refractivity contribution in [1.29, 1.82) is 0 Å².